The molecule has 0 aliphatic heterocycles. The van der Waals surface area contributed by atoms with Crippen LogP contribution in [-0.4, -0.2) is 38.7 Å². The van der Waals surface area contributed by atoms with E-state index in [4.69, 9.17) is 5.73 Å². The molecule has 0 unspecified atom stereocenters. The molecule has 1 amide bonds. The molecule has 0 atom stereocenters. The van der Waals surface area contributed by atoms with Crippen LogP contribution in [0.5, 0.6) is 0 Å². The molecule has 1 aromatic carbocycles. The molecule has 0 aliphatic carbocycles. The second-order valence-electron chi connectivity index (χ2n) is 5.24. The van der Waals surface area contributed by atoms with Crippen molar-refractivity contribution in [3.05, 3.63) is 59.8 Å². The van der Waals surface area contributed by atoms with E-state index in [9.17, 15) is 18.4 Å². The summed E-state index contributed by atoms with van der Waals surface area (Å²) in [7, 11) is 1.07. The maximum absolute atomic E-state index is 13.5. The second-order valence-corrected chi connectivity index (χ2v) is 5.24. The SMILES string of the molecule is COC(=O)c1cc(F)c(F)cc1NC(=O)c1cc(N)c(-n2ccnc2)nn1. The maximum Gasteiger partial charge on any atom is 0.340 e. The first-order valence-corrected chi connectivity index (χ1v) is 7.41. The van der Waals surface area contributed by atoms with Gasteiger partial charge in [-0.15, -0.1) is 10.2 Å². The highest BCUT2D eigenvalue weighted by molar-refractivity contribution is 6.07. The summed E-state index contributed by atoms with van der Waals surface area (Å²) >= 11 is 0. The molecular weight excluding hydrogens is 362 g/mol. The lowest BCUT2D eigenvalue weighted by Crippen LogP contribution is -2.19. The number of methoxy groups -OCH3 is 1. The molecule has 0 spiro atoms. The smallest absolute Gasteiger partial charge is 0.340 e. The van der Waals surface area contributed by atoms with Crippen molar-refractivity contribution in [3.63, 3.8) is 0 Å². The van der Waals surface area contributed by atoms with Gasteiger partial charge in [0.15, 0.2) is 23.1 Å². The number of carbonyl (C=O) groups is 2. The fourth-order valence-electron chi connectivity index (χ4n) is 2.21. The predicted molar refractivity (Wildman–Crippen MR) is 89.2 cm³/mol. The predicted octanol–water partition coefficient (Wildman–Crippen LogP) is 1.56. The van der Waals surface area contributed by atoms with Gasteiger partial charge in [0.25, 0.3) is 5.91 Å². The molecule has 2 heterocycles. The van der Waals surface area contributed by atoms with Gasteiger partial charge in [-0.1, -0.05) is 0 Å². The van der Waals surface area contributed by atoms with Crippen LogP contribution in [0.1, 0.15) is 20.8 Å². The molecule has 2 aromatic heterocycles. The average Bonchev–Trinajstić information content (AvgIpc) is 3.18. The van der Waals surface area contributed by atoms with Crippen molar-refractivity contribution in [1.82, 2.24) is 19.7 Å². The third-order valence-corrected chi connectivity index (χ3v) is 3.50. The zero-order chi connectivity index (χ0) is 19.6. The van der Waals surface area contributed by atoms with Gasteiger partial charge in [0.2, 0.25) is 0 Å². The van der Waals surface area contributed by atoms with Gasteiger partial charge in [0.1, 0.15) is 6.33 Å². The summed E-state index contributed by atoms with van der Waals surface area (Å²) in [5.41, 5.74) is 5.16. The van der Waals surface area contributed by atoms with Crippen LogP contribution in [0, 0.1) is 11.6 Å². The second kappa shape index (κ2) is 7.15. The number of carbonyl (C=O) groups excluding carboxylic acids is 2. The van der Waals surface area contributed by atoms with Gasteiger partial charge in [-0.2, -0.15) is 0 Å². The summed E-state index contributed by atoms with van der Waals surface area (Å²) in [6.07, 6.45) is 4.55. The quantitative estimate of drug-likeness (QED) is 0.664. The third kappa shape index (κ3) is 3.56. The summed E-state index contributed by atoms with van der Waals surface area (Å²) < 4.78 is 32.9. The van der Waals surface area contributed by atoms with Crippen LogP contribution >= 0.6 is 0 Å². The third-order valence-electron chi connectivity index (χ3n) is 3.50. The van der Waals surface area contributed by atoms with Crippen molar-refractivity contribution in [3.8, 4) is 5.82 Å². The molecular formula is C16H12F2N6O3. The topological polar surface area (TPSA) is 125 Å². The van der Waals surface area contributed by atoms with Crippen molar-refractivity contribution in [2.75, 3.05) is 18.2 Å². The number of benzene rings is 1. The Hall–Kier alpha value is -3.89. The van der Waals surface area contributed by atoms with Crippen LogP contribution in [0.2, 0.25) is 0 Å². The lowest BCUT2D eigenvalue weighted by atomic mass is 10.1. The molecule has 0 bridgehead atoms. The van der Waals surface area contributed by atoms with Gasteiger partial charge in [-0.25, -0.2) is 18.6 Å². The number of imidazole rings is 1. The highest BCUT2D eigenvalue weighted by Gasteiger charge is 2.20. The van der Waals surface area contributed by atoms with Crippen molar-refractivity contribution in [2.24, 2.45) is 0 Å². The van der Waals surface area contributed by atoms with Gasteiger partial charge in [0, 0.05) is 18.5 Å². The zero-order valence-corrected chi connectivity index (χ0v) is 13.8. The molecule has 3 aromatic rings. The molecule has 0 saturated carbocycles. The number of anilines is 2. The first-order chi connectivity index (χ1) is 12.9. The monoisotopic (exact) mass is 374 g/mol. The van der Waals surface area contributed by atoms with Gasteiger partial charge in [-0.05, 0) is 12.1 Å². The Morgan fingerprint density at radius 3 is 2.56 bits per heavy atom. The first kappa shape index (κ1) is 17.9. The molecule has 3 rings (SSSR count). The van der Waals surface area contributed by atoms with Gasteiger partial charge < -0.3 is 15.8 Å². The largest absolute Gasteiger partial charge is 0.465 e. The number of ether oxygens (including phenoxy) is 1. The number of hydrogen-bond acceptors (Lipinski definition) is 7. The molecule has 138 valence electrons. The summed E-state index contributed by atoms with van der Waals surface area (Å²) in [6.45, 7) is 0. The van der Waals surface area contributed by atoms with E-state index in [0.29, 0.717) is 12.1 Å². The van der Waals surface area contributed by atoms with E-state index >= 15 is 0 Å². The minimum atomic E-state index is -1.26. The summed E-state index contributed by atoms with van der Waals surface area (Å²) in [4.78, 5) is 27.9. The molecule has 3 N–H and O–H groups in total. The van der Waals surface area contributed by atoms with E-state index in [-0.39, 0.29) is 28.5 Å². The minimum absolute atomic E-state index is 0.131. The van der Waals surface area contributed by atoms with Crippen LogP contribution in [0.3, 0.4) is 0 Å². The Morgan fingerprint density at radius 1 is 1.19 bits per heavy atom. The van der Waals surface area contributed by atoms with Gasteiger partial charge in [0.05, 0.1) is 24.0 Å². The van der Waals surface area contributed by atoms with E-state index in [0.717, 1.165) is 7.11 Å². The van der Waals surface area contributed by atoms with E-state index in [1.165, 1.54) is 23.2 Å². The number of rotatable bonds is 4. The summed E-state index contributed by atoms with van der Waals surface area (Å²) in [6, 6.07) is 2.53. The van der Waals surface area contributed by atoms with Crippen molar-refractivity contribution < 1.29 is 23.1 Å². The molecule has 0 radical (unpaired) electrons. The van der Waals surface area contributed by atoms with E-state index < -0.39 is 23.5 Å². The van der Waals surface area contributed by atoms with Crippen molar-refractivity contribution >= 4 is 23.3 Å². The van der Waals surface area contributed by atoms with Gasteiger partial charge >= 0.3 is 5.97 Å². The molecule has 0 fully saturated rings. The summed E-state index contributed by atoms with van der Waals surface area (Å²) in [5.74, 6) is -4.04. The highest BCUT2D eigenvalue weighted by atomic mass is 19.2. The molecule has 0 aliphatic rings. The Morgan fingerprint density at radius 2 is 1.93 bits per heavy atom. The normalized spacial score (nSPS) is 10.5. The maximum atomic E-state index is 13.5. The Balaban J connectivity index is 1.91. The number of amides is 1. The van der Waals surface area contributed by atoms with Crippen LogP contribution < -0.4 is 11.1 Å². The average molecular weight is 374 g/mol. The van der Waals surface area contributed by atoms with Crippen molar-refractivity contribution in [2.45, 2.75) is 0 Å². The fourth-order valence-corrected chi connectivity index (χ4v) is 2.21. The zero-order valence-electron chi connectivity index (χ0n) is 13.8. The molecule has 11 heteroatoms. The van der Waals surface area contributed by atoms with Crippen LogP contribution in [0.4, 0.5) is 20.2 Å². The van der Waals surface area contributed by atoms with Crippen LogP contribution in [0.15, 0.2) is 36.9 Å². The van der Waals surface area contributed by atoms with Crippen LogP contribution in [-0.2, 0) is 4.74 Å². The first-order valence-electron chi connectivity index (χ1n) is 7.41. The van der Waals surface area contributed by atoms with E-state index in [2.05, 4.69) is 25.2 Å². The lowest BCUT2D eigenvalue weighted by Gasteiger charge is -2.11. The number of nitrogens with one attached hydrogen (secondary N) is 1. The minimum Gasteiger partial charge on any atom is -0.465 e. The number of nitrogens with two attached hydrogens (primary N) is 1. The van der Waals surface area contributed by atoms with E-state index in [1.54, 1.807) is 6.20 Å². The molecule has 0 saturated heterocycles. The van der Waals surface area contributed by atoms with Gasteiger partial charge in [-0.3, -0.25) is 9.36 Å². The Labute approximate surface area is 150 Å². The Kier molecular flexibility index (Phi) is 4.75. The molecule has 9 nitrogen and oxygen atoms in total. The Bertz CT molecular complexity index is 1020. The highest BCUT2D eigenvalue weighted by Crippen LogP contribution is 2.22. The molecule has 27 heavy (non-hydrogen) atoms. The number of aromatic nitrogens is 4. The van der Waals surface area contributed by atoms with E-state index in [1.807, 2.05) is 0 Å². The van der Waals surface area contributed by atoms with Crippen LogP contribution in [0.25, 0.3) is 5.82 Å². The lowest BCUT2D eigenvalue weighted by molar-refractivity contribution is 0.0601. The fraction of sp³-hybridized carbons (Fsp3) is 0.0625. The number of esters is 1. The number of nitrogens with zero attached hydrogens (tertiary/aromatic N) is 4. The number of hydrogen-bond donors (Lipinski definition) is 2. The number of halogens is 2. The standard InChI is InChI=1S/C16H12F2N6O3/c1-27-16(26)8-4-9(17)10(18)5-12(8)21-15(25)13-6-11(19)14(23-22-13)24-3-2-20-7-24/h2-7H,1H3,(H2,19,22)(H,21,25). The summed E-state index contributed by atoms with van der Waals surface area (Å²) in [5, 5.41) is 9.87. The number of nitrogen functional groups attached to an aromatic ring is 1. The van der Waals surface area contributed by atoms with Crippen molar-refractivity contribution in [1.29, 1.82) is 0 Å².